The summed E-state index contributed by atoms with van der Waals surface area (Å²) in [7, 11) is 0. The van der Waals surface area contributed by atoms with Gasteiger partial charge in [-0.3, -0.25) is 4.79 Å². The topological polar surface area (TPSA) is 46.5 Å². The Labute approximate surface area is 138 Å². The summed E-state index contributed by atoms with van der Waals surface area (Å²) >= 11 is 5.26. The summed E-state index contributed by atoms with van der Waals surface area (Å²) in [5.41, 5.74) is 1.26. The summed E-state index contributed by atoms with van der Waals surface area (Å²) in [6, 6.07) is 4.94. The quantitative estimate of drug-likeness (QED) is 0.501. The van der Waals surface area contributed by atoms with Gasteiger partial charge in [0.05, 0.1) is 6.61 Å². The van der Waals surface area contributed by atoms with E-state index in [9.17, 15) is 9.90 Å². The Morgan fingerprint density at radius 1 is 1.41 bits per heavy atom. The predicted molar refractivity (Wildman–Crippen MR) is 93.7 cm³/mol. The third-order valence-electron chi connectivity index (χ3n) is 3.87. The van der Waals surface area contributed by atoms with Gasteiger partial charge in [0, 0.05) is 12.0 Å². The molecule has 4 heteroatoms. The number of hydrogen-bond acceptors (Lipinski definition) is 4. The molecule has 0 amide bonds. The van der Waals surface area contributed by atoms with Crippen molar-refractivity contribution in [3.05, 3.63) is 29.3 Å². The highest BCUT2D eigenvalue weighted by atomic mass is 32.1. The maximum absolute atomic E-state index is 10.6. The summed E-state index contributed by atoms with van der Waals surface area (Å²) < 4.78 is 5.69. The molecule has 0 fully saturated rings. The highest BCUT2D eigenvalue weighted by molar-refractivity contribution is 7.80. The van der Waals surface area contributed by atoms with Crippen LogP contribution in [0.3, 0.4) is 0 Å². The maximum Gasteiger partial charge on any atom is 0.160 e. The van der Waals surface area contributed by atoms with Gasteiger partial charge in [0.25, 0.3) is 0 Å². The Kier molecular flexibility index (Phi) is 8.75. The number of hydrogen-bond donors (Lipinski definition) is 1. The van der Waals surface area contributed by atoms with Gasteiger partial charge in [-0.2, -0.15) is 0 Å². The molecule has 0 saturated heterocycles. The molecule has 0 aromatic heterocycles. The molecule has 1 N–H and O–H groups in total. The number of phenolic OH excluding ortho intramolecular Hbond substituents is 1. The number of aryl methyl sites for hydroxylation is 1. The normalized spacial score (nSPS) is 11.9. The Morgan fingerprint density at radius 2 is 2.18 bits per heavy atom. The fraction of sp³-hybridized carbons (Fsp3) is 0.556. The molecule has 22 heavy (non-hydrogen) atoms. The number of thiocarbonyl (C=S) groups is 1. The molecule has 1 aromatic carbocycles. The van der Waals surface area contributed by atoms with Crippen molar-refractivity contribution >= 4 is 23.6 Å². The monoisotopic (exact) mass is 322 g/mol. The second-order valence-corrected chi connectivity index (χ2v) is 6.06. The fourth-order valence-electron chi connectivity index (χ4n) is 2.28. The average Bonchev–Trinajstić information content (AvgIpc) is 2.53. The van der Waals surface area contributed by atoms with E-state index < -0.39 is 0 Å². The molecule has 0 heterocycles. The molecule has 0 aliphatic carbocycles. The van der Waals surface area contributed by atoms with Gasteiger partial charge in [-0.05, 0) is 42.6 Å². The van der Waals surface area contributed by atoms with Crippen LogP contribution in [0, 0.1) is 5.92 Å². The first-order chi connectivity index (χ1) is 10.6. The smallest absolute Gasteiger partial charge is 0.160 e. The molecule has 0 saturated carbocycles. The number of ether oxygens (including phenoxy) is 1. The van der Waals surface area contributed by atoms with Crippen LogP contribution in [0.2, 0.25) is 0 Å². The Hall–Kier alpha value is -1.42. The summed E-state index contributed by atoms with van der Waals surface area (Å²) in [4.78, 5) is 10.6. The number of aromatic hydroxyl groups is 1. The van der Waals surface area contributed by atoms with E-state index >= 15 is 0 Å². The fourth-order valence-corrected chi connectivity index (χ4v) is 2.45. The highest BCUT2D eigenvalue weighted by Gasteiger charge is 2.09. The zero-order valence-electron chi connectivity index (χ0n) is 13.5. The Bertz CT molecular complexity index is 485. The first-order valence-electron chi connectivity index (χ1n) is 8.03. The molecule has 0 aliphatic rings. The molecule has 1 unspecified atom stereocenters. The third kappa shape index (κ3) is 6.56. The molecule has 1 aromatic rings. The summed E-state index contributed by atoms with van der Waals surface area (Å²) in [5.74, 6) is 0.708. The molecule has 122 valence electrons. The second-order valence-electron chi connectivity index (χ2n) is 5.61. The molecule has 0 spiro atoms. The van der Waals surface area contributed by atoms with Crippen molar-refractivity contribution in [1.82, 2.24) is 0 Å². The SMILES string of the molecule is CCCCC(CC)COC(=S)CCc1ccc(C=O)cc1O. The van der Waals surface area contributed by atoms with Gasteiger partial charge in [-0.15, -0.1) is 0 Å². The van der Waals surface area contributed by atoms with E-state index in [1.54, 1.807) is 12.1 Å². The number of unbranched alkanes of at least 4 members (excludes halogenated alkanes) is 1. The van der Waals surface area contributed by atoms with E-state index in [1.807, 2.05) is 0 Å². The van der Waals surface area contributed by atoms with Crippen LogP contribution in [-0.4, -0.2) is 23.1 Å². The number of rotatable bonds is 10. The first kappa shape index (κ1) is 18.6. The van der Waals surface area contributed by atoms with Gasteiger partial charge < -0.3 is 9.84 Å². The first-order valence-corrected chi connectivity index (χ1v) is 8.44. The summed E-state index contributed by atoms with van der Waals surface area (Å²) in [5, 5.41) is 10.4. The van der Waals surface area contributed by atoms with Crippen molar-refractivity contribution in [3.63, 3.8) is 0 Å². The van der Waals surface area contributed by atoms with Gasteiger partial charge in [0.15, 0.2) is 5.05 Å². The summed E-state index contributed by atoms with van der Waals surface area (Å²) in [6.45, 7) is 5.06. The van der Waals surface area contributed by atoms with E-state index in [1.165, 1.54) is 25.3 Å². The summed E-state index contributed by atoms with van der Waals surface area (Å²) in [6.07, 6.45) is 6.67. The predicted octanol–water partition coefficient (Wildman–Crippen LogP) is 4.70. The van der Waals surface area contributed by atoms with E-state index in [4.69, 9.17) is 17.0 Å². The largest absolute Gasteiger partial charge is 0.508 e. The van der Waals surface area contributed by atoms with Gasteiger partial charge in [-0.25, -0.2) is 0 Å². The van der Waals surface area contributed by atoms with Crippen molar-refractivity contribution < 1.29 is 14.6 Å². The Balaban J connectivity index is 2.38. The average molecular weight is 322 g/mol. The van der Waals surface area contributed by atoms with E-state index in [0.29, 0.717) is 36.0 Å². The molecule has 0 radical (unpaired) electrons. The van der Waals surface area contributed by atoms with Crippen molar-refractivity contribution in [2.75, 3.05) is 6.61 Å². The molecule has 0 bridgehead atoms. The zero-order chi connectivity index (χ0) is 16.4. The van der Waals surface area contributed by atoms with E-state index in [2.05, 4.69) is 13.8 Å². The lowest BCUT2D eigenvalue weighted by Gasteiger charge is -2.16. The van der Waals surface area contributed by atoms with Gasteiger partial charge in [0.1, 0.15) is 12.0 Å². The zero-order valence-corrected chi connectivity index (χ0v) is 14.3. The minimum Gasteiger partial charge on any atom is -0.508 e. The van der Waals surface area contributed by atoms with Crippen molar-refractivity contribution in [2.24, 2.45) is 5.92 Å². The molecular weight excluding hydrogens is 296 g/mol. The van der Waals surface area contributed by atoms with Crippen molar-refractivity contribution in [1.29, 1.82) is 0 Å². The van der Waals surface area contributed by atoms with Gasteiger partial charge in [-0.1, -0.05) is 45.2 Å². The van der Waals surface area contributed by atoms with Crippen LogP contribution in [0.25, 0.3) is 0 Å². The lowest BCUT2D eigenvalue weighted by atomic mass is 10.0. The standard InChI is InChI=1S/C18H26O3S/c1-3-5-6-14(4-2)13-21-18(22)10-9-16-8-7-15(12-19)11-17(16)20/h7-8,11-12,14,20H,3-6,9-10,13H2,1-2H3. The number of benzene rings is 1. The molecular formula is C18H26O3S. The van der Waals surface area contributed by atoms with Crippen molar-refractivity contribution in [2.45, 2.75) is 52.4 Å². The van der Waals surface area contributed by atoms with Gasteiger partial charge in [0.2, 0.25) is 0 Å². The molecule has 1 atom stereocenters. The molecule has 0 aliphatic heterocycles. The van der Waals surface area contributed by atoms with Crippen LogP contribution < -0.4 is 0 Å². The number of aldehydes is 1. The number of carbonyl (C=O) groups is 1. The van der Waals surface area contributed by atoms with Crippen LogP contribution in [0.1, 0.15) is 61.9 Å². The number of carbonyl (C=O) groups excluding carboxylic acids is 1. The minimum atomic E-state index is 0.141. The van der Waals surface area contributed by atoms with Crippen molar-refractivity contribution in [3.8, 4) is 5.75 Å². The van der Waals surface area contributed by atoms with Crippen LogP contribution in [0.5, 0.6) is 5.75 Å². The molecule has 3 nitrogen and oxygen atoms in total. The molecule has 1 rings (SSSR count). The van der Waals surface area contributed by atoms with Crippen LogP contribution in [-0.2, 0) is 11.2 Å². The van der Waals surface area contributed by atoms with Gasteiger partial charge >= 0.3 is 0 Å². The highest BCUT2D eigenvalue weighted by Crippen LogP contribution is 2.20. The van der Waals surface area contributed by atoms with E-state index in [0.717, 1.165) is 18.3 Å². The minimum absolute atomic E-state index is 0.141. The lowest BCUT2D eigenvalue weighted by molar-refractivity contribution is 0.112. The van der Waals surface area contributed by atoms with Crippen LogP contribution in [0.15, 0.2) is 18.2 Å². The van der Waals surface area contributed by atoms with Crippen LogP contribution >= 0.6 is 12.2 Å². The second kappa shape index (κ2) is 10.3. The van der Waals surface area contributed by atoms with E-state index in [-0.39, 0.29) is 5.75 Å². The lowest BCUT2D eigenvalue weighted by Crippen LogP contribution is -2.13. The Morgan fingerprint density at radius 3 is 2.77 bits per heavy atom. The number of phenols is 1. The maximum atomic E-state index is 10.6. The van der Waals surface area contributed by atoms with Crippen LogP contribution in [0.4, 0.5) is 0 Å². The third-order valence-corrected chi connectivity index (χ3v) is 4.19.